The van der Waals surface area contributed by atoms with E-state index in [1.54, 1.807) is 36.7 Å². The van der Waals surface area contributed by atoms with E-state index < -0.39 is 9.84 Å². The molecule has 2 aromatic carbocycles. The molecular weight excluding hydrogens is 402 g/mol. The van der Waals surface area contributed by atoms with E-state index in [1.165, 1.54) is 12.1 Å². The van der Waals surface area contributed by atoms with Gasteiger partial charge >= 0.3 is 0 Å². The minimum Gasteiger partial charge on any atom is -0.378 e. The molecule has 3 aromatic rings. The van der Waals surface area contributed by atoms with Crippen LogP contribution in [0.4, 0.5) is 11.6 Å². The molecule has 1 aromatic heterocycles. The Kier molecular flexibility index (Phi) is 5.35. The highest BCUT2D eigenvalue weighted by Crippen LogP contribution is 2.32. The standard InChI is InChI=1S/C21H19N5O3S/c22-12-15-2-1-3-19(8-15)30(27,28)20-10-16(17-13-24-21(23)25-14-17)9-18(11-20)26-4-6-29-7-5-26/h1-3,8-11,13-14H,4-7H2,(H2,23,24,25). The van der Waals surface area contributed by atoms with Gasteiger partial charge in [0, 0.05) is 36.7 Å². The van der Waals surface area contributed by atoms with Crippen molar-refractivity contribution >= 4 is 21.5 Å². The second-order valence-electron chi connectivity index (χ2n) is 6.79. The zero-order chi connectivity index (χ0) is 21.1. The normalized spacial score (nSPS) is 14.3. The number of aromatic nitrogens is 2. The summed E-state index contributed by atoms with van der Waals surface area (Å²) in [6.07, 6.45) is 3.13. The lowest BCUT2D eigenvalue weighted by Crippen LogP contribution is -2.36. The van der Waals surface area contributed by atoms with Crippen molar-refractivity contribution < 1.29 is 13.2 Å². The van der Waals surface area contributed by atoms with Crippen molar-refractivity contribution in [3.05, 3.63) is 60.4 Å². The Morgan fingerprint density at radius 3 is 2.43 bits per heavy atom. The van der Waals surface area contributed by atoms with Crippen LogP contribution >= 0.6 is 0 Å². The van der Waals surface area contributed by atoms with E-state index >= 15 is 0 Å². The van der Waals surface area contributed by atoms with E-state index in [9.17, 15) is 8.42 Å². The Labute approximate surface area is 174 Å². The van der Waals surface area contributed by atoms with Crippen LogP contribution in [-0.4, -0.2) is 44.7 Å². The molecule has 0 bridgehead atoms. The molecule has 4 rings (SSSR count). The summed E-state index contributed by atoms with van der Waals surface area (Å²) in [5, 5.41) is 9.14. The van der Waals surface area contributed by atoms with Crippen molar-refractivity contribution in [2.75, 3.05) is 36.9 Å². The summed E-state index contributed by atoms with van der Waals surface area (Å²) >= 11 is 0. The minimum absolute atomic E-state index is 0.0696. The maximum atomic E-state index is 13.4. The maximum Gasteiger partial charge on any atom is 0.219 e. The van der Waals surface area contributed by atoms with Crippen LogP contribution in [0, 0.1) is 11.3 Å². The molecule has 152 valence electrons. The number of nitrogens with two attached hydrogens (primary N) is 1. The van der Waals surface area contributed by atoms with E-state index in [0.29, 0.717) is 37.4 Å². The van der Waals surface area contributed by atoms with Crippen LogP contribution < -0.4 is 10.6 Å². The first-order valence-electron chi connectivity index (χ1n) is 9.28. The summed E-state index contributed by atoms with van der Waals surface area (Å²) < 4.78 is 32.2. The van der Waals surface area contributed by atoms with Gasteiger partial charge in [-0.2, -0.15) is 5.26 Å². The van der Waals surface area contributed by atoms with Crippen molar-refractivity contribution in [1.82, 2.24) is 9.97 Å². The molecule has 1 fully saturated rings. The summed E-state index contributed by atoms with van der Waals surface area (Å²) in [6, 6.07) is 13.1. The van der Waals surface area contributed by atoms with Gasteiger partial charge in [-0.05, 0) is 42.0 Å². The van der Waals surface area contributed by atoms with Crippen LogP contribution in [0.1, 0.15) is 5.56 Å². The molecular formula is C21H19N5O3S. The number of ether oxygens (including phenoxy) is 1. The first-order valence-corrected chi connectivity index (χ1v) is 10.8. The van der Waals surface area contributed by atoms with Crippen LogP contribution in [0.2, 0.25) is 0 Å². The number of morpholine rings is 1. The van der Waals surface area contributed by atoms with E-state index in [4.69, 9.17) is 15.7 Å². The van der Waals surface area contributed by atoms with E-state index in [-0.39, 0.29) is 21.3 Å². The molecule has 2 heterocycles. The lowest BCUT2D eigenvalue weighted by molar-refractivity contribution is 0.122. The topological polar surface area (TPSA) is 122 Å². The first-order chi connectivity index (χ1) is 14.5. The van der Waals surface area contributed by atoms with Gasteiger partial charge < -0.3 is 15.4 Å². The van der Waals surface area contributed by atoms with E-state index in [2.05, 4.69) is 14.9 Å². The fourth-order valence-electron chi connectivity index (χ4n) is 3.27. The quantitative estimate of drug-likeness (QED) is 0.681. The average Bonchev–Trinajstić information content (AvgIpc) is 2.80. The van der Waals surface area contributed by atoms with Gasteiger partial charge in [0.1, 0.15) is 0 Å². The second-order valence-corrected chi connectivity index (χ2v) is 8.74. The third-order valence-electron chi connectivity index (χ3n) is 4.86. The van der Waals surface area contributed by atoms with Crippen LogP contribution in [0.5, 0.6) is 0 Å². The lowest BCUT2D eigenvalue weighted by atomic mass is 10.1. The molecule has 9 heteroatoms. The van der Waals surface area contributed by atoms with Gasteiger partial charge in [0.15, 0.2) is 0 Å². The monoisotopic (exact) mass is 421 g/mol. The van der Waals surface area contributed by atoms with E-state index in [0.717, 1.165) is 5.69 Å². The Bertz CT molecular complexity index is 1210. The molecule has 0 radical (unpaired) electrons. The fraction of sp³-hybridized carbons (Fsp3) is 0.190. The number of benzene rings is 2. The Hall–Kier alpha value is -3.48. The van der Waals surface area contributed by atoms with Crippen LogP contribution in [0.25, 0.3) is 11.1 Å². The number of rotatable bonds is 4. The molecule has 30 heavy (non-hydrogen) atoms. The lowest BCUT2D eigenvalue weighted by Gasteiger charge is -2.29. The highest BCUT2D eigenvalue weighted by atomic mass is 32.2. The zero-order valence-electron chi connectivity index (χ0n) is 16.0. The van der Waals surface area contributed by atoms with Gasteiger partial charge in [0.25, 0.3) is 0 Å². The molecule has 0 atom stereocenters. The molecule has 8 nitrogen and oxygen atoms in total. The predicted octanol–water partition coefficient (Wildman–Crippen LogP) is 2.27. The Morgan fingerprint density at radius 1 is 1.00 bits per heavy atom. The third kappa shape index (κ3) is 3.96. The van der Waals surface area contributed by atoms with Crippen molar-refractivity contribution in [3.63, 3.8) is 0 Å². The molecule has 2 N–H and O–H groups in total. The summed E-state index contributed by atoms with van der Waals surface area (Å²) in [5.74, 6) is 0.143. The summed E-state index contributed by atoms with van der Waals surface area (Å²) in [7, 11) is -3.85. The molecule has 1 saturated heterocycles. The summed E-state index contributed by atoms with van der Waals surface area (Å²) in [4.78, 5) is 10.3. The number of nitrogens with zero attached hydrogens (tertiary/aromatic N) is 4. The molecule has 1 aliphatic rings. The number of anilines is 2. The predicted molar refractivity (Wildman–Crippen MR) is 112 cm³/mol. The molecule has 0 saturated carbocycles. The van der Waals surface area contributed by atoms with Crippen molar-refractivity contribution in [2.45, 2.75) is 9.79 Å². The number of hydrogen-bond donors (Lipinski definition) is 1. The highest BCUT2D eigenvalue weighted by molar-refractivity contribution is 7.91. The number of nitriles is 1. The fourth-order valence-corrected chi connectivity index (χ4v) is 4.64. The second kappa shape index (κ2) is 8.10. The smallest absolute Gasteiger partial charge is 0.219 e. The van der Waals surface area contributed by atoms with Gasteiger partial charge in [-0.1, -0.05) is 6.07 Å². The summed E-state index contributed by atoms with van der Waals surface area (Å²) in [5.41, 5.74) is 7.95. The van der Waals surface area contributed by atoms with Crippen molar-refractivity contribution in [3.8, 4) is 17.2 Å². The van der Waals surface area contributed by atoms with Gasteiger partial charge in [0.2, 0.25) is 15.8 Å². The van der Waals surface area contributed by atoms with Crippen LogP contribution in [-0.2, 0) is 14.6 Å². The van der Waals surface area contributed by atoms with Gasteiger partial charge in [0.05, 0.1) is 34.6 Å². The zero-order valence-corrected chi connectivity index (χ0v) is 16.8. The van der Waals surface area contributed by atoms with Gasteiger partial charge in [-0.15, -0.1) is 0 Å². The third-order valence-corrected chi connectivity index (χ3v) is 6.59. The summed E-state index contributed by atoms with van der Waals surface area (Å²) in [6.45, 7) is 2.46. The SMILES string of the molecule is N#Cc1cccc(S(=O)(=O)c2cc(-c3cnc(N)nc3)cc(N3CCOCC3)c2)c1. The molecule has 0 aliphatic carbocycles. The molecule has 0 spiro atoms. The van der Waals surface area contributed by atoms with Gasteiger partial charge in [-0.3, -0.25) is 0 Å². The van der Waals surface area contributed by atoms with Crippen LogP contribution in [0.3, 0.4) is 0 Å². The number of nitrogen functional groups attached to an aromatic ring is 1. The minimum atomic E-state index is -3.85. The first kappa shape index (κ1) is 19.8. The molecule has 0 unspecified atom stereocenters. The van der Waals surface area contributed by atoms with Crippen molar-refractivity contribution in [1.29, 1.82) is 5.26 Å². The Balaban J connectivity index is 1.86. The van der Waals surface area contributed by atoms with Gasteiger partial charge in [-0.25, -0.2) is 18.4 Å². The highest BCUT2D eigenvalue weighted by Gasteiger charge is 2.22. The van der Waals surface area contributed by atoms with Crippen molar-refractivity contribution in [2.24, 2.45) is 0 Å². The average molecular weight is 421 g/mol. The van der Waals surface area contributed by atoms with Crippen LogP contribution in [0.15, 0.2) is 64.6 Å². The molecule has 0 amide bonds. The largest absolute Gasteiger partial charge is 0.378 e. The van der Waals surface area contributed by atoms with E-state index in [1.807, 2.05) is 12.1 Å². The number of hydrogen-bond acceptors (Lipinski definition) is 8. The molecule has 1 aliphatic heterocycles. The Morgan fingerprint density at radius 2 is 1.73 bits per heavy atom. The number of sulfone groups is 1. The maximum absolute atomic E-state index is 13.4.